The number of hydrogen-bond donors (Lipinski definition) is 1. The van der Waals surface area contributed by atoms with Gasteiger partial charge in [0, 0.05) is 11.3 Å². The third-order valence-electron chi connectivity index (χ3n) is 6.71. The summed E-state index contributed by atoms with van der Waals surface area (Å²) in [6.45, 7) is 13.0. The second-order valence-electron chi connectivity index (χ2n) is 10.5. The Morgan fingerprint density at radius 1 is 0.973 bits per heavy atom. The van der Waals surface area contributed by atoms with Gasteiger partial charge in [0.1, 0.15) is 0 Å². The molecule has 0 saturated heterocycles. The quantitative estimate of drug-likeness (QED) is 0.245. The van der Waals surface area contributed by atoms with Crippen molar-refractivity contribution >= 4 is 23.4 Å². The van der Waals surface area contributed by atoms with E-state index in [2.05, 4.69) is 104 Å². The molecule has 4 aromatic rings. The molecular weight excluding hydrogens is 476 g/mol. The van der Waals surface area contributed by atoms with Gasteiger partial charge in [-0.25, -0.2) is 0 Å². The molecule has 0 bridgehead atoms. The SMILES string of the molecule is CC[C@@H](C)c1ccccc1NC(=O)CSc1nnc(-c2ccc(C(C)(C)C)cc2)n1-c1ccccc1C. The number of anilines is 1. The van der Waals surface area contributed by atoms with E-state index in [4.69, 9.17) is 0 Å². The lowest BCUT2D eigenvalue weighted by atomic mass is 9.87. The van der Waals surface area contributed by atoms with Crippen LogP contribution in [0.4, 0.5) is 5.69 Å². The lowest BCUT2D eigenvalue weighted by Crippen LogP contribution is -2.16. The van der Waals surface area contributed by atoms with Crippen LogP contribution in [0.2, 0.25) is 0 Å². The molecule has 0 unspecified atom stereocenters. The summed E-state index contributed by atoms with van der Waals surface area (Å²) < 4.78 is 2.06. The minimum atomic E-state index is -0.0591. The average Bonchev–Trinajstić information content (AvgIpc) is 3.31. The molecule has 1 amide bonds. The second kappa shape index (κ2) is 11.3. The van der Waals surface area contributed by atoms with Crippen LogP contribution >= 0.6 is 11.8 Å². The van der Waals surface area contributed by atoms with E-state index in [-0.39, 0.29) is 17.1 Å². The minimum Gasteiger partial charge on any atom is -0.325 e. The first kappa shape index (κ1) is 26.7. The summed E-state index contributed by atoms with van der Waals surface area (Å²) in [6, 6.07) is 24.7. The van der Waals surface area contributed by atoms with E-state index >= 15 is 0 Å². The summed E-state index contributed by atoms with van der Waals surface area (Å²) >= 11 is 1.40. The van der Waals surface area contributed by atoms with E-state index < -0.39 is 0 Å². The van der Waals surface area contributed by atoms with Crippen molar-refractivity contribution in [2.75, 3.05) is 11.1 Å². The number of nitrogens with zero attached hydrogens (tertiary/aromatic N) is 3. The standard InChI is InChI=1S/C31H36N4OS/c1-7-21(2)25-13-9-10-14-26(25)32-28(36)20-37-30-34-33-29(35(30)27-15-11-8-12-22(27)3)23-16-18-24(19-17-23)31(4,5)6/h8-19,21H,7,20H2,1-6H3,(H,32,36)/t21-/m1/s1. The fourth-order valence-electron chi connectivity index (χ4n) is 4.28. The molecule has 0 radical (unpaired) electrons. The van der Waals surface area contributed by atoms with Gasteiger partial charge in [0.25, 0.3) is 0 Å². The average molecular weight is 513 g/mol. The van der Waals surface area contributed by atoms with Gasteiger partial charge in [0.2, 0.25) is 5.91 Å². The highest BCUT2D eigenvalue weighted by Crippen LogP contribution is 2.32. The van der Waals surface area contributed by atoms with Crippen molar-refractivity contribution in [1.82, 2.24) is 14.8 Å². The summed E-state index contributed by atoms with van der Waals surface area (Å²) in [4.78, 5) is 13.0. The van der Waals surface area contributed by atoms with Gasteiger partial charge < -0.3 is 5.32 Å². The number of thioether (sulfide) groups is 1. The van der Waals surface area contributed by atoms with E-state index in [0.29, 0.717) is 11.1 Å². The number of carbonyl (C=O) groups excluding carboxylic acids is 1. The van der Waals surface area contributed by atoms with Gasteiger partial charge in [-0.1, -0.05) is 107 Å². The maximum absolute atomic E-state index is 13.0. The summed E-state index contributed by atoms with van der Waals surface area (Å²) in [5.74, 6) is 1.32. The molecule has 0 fully saturated rings. The number of hydrogen-bond acceptors (Lipinski definition) is 4. The lowest BCUT2D eigenvalue weighted by molar-refractivity contribution is -0.113. The van der Waals surface area contributed by atoms with Crippen molar-refractivity contribution in [1.29, 1.82) is 0 Å². The van der Waals surface area contributed by atoms with Crippen LogP contribution in [-0.2, 0) is 10.2 Å². The Bertz CT molecular complexity index is 1370. The molecule has 0 aliphatic carbocycles. The first-order valence-corrected chi connectivity index (χ1v) is 13.8. The molecule has 4 rings (SSSR count). The zero-order chi connectivity index (χ0) is 26.6. The van der Waals surface area contributed by atoms with Gasteiger partial charge in [0.15, 0.2) is 11.0 Å². The predicted molar refractivity (Wildman–Crippen MR) is 155 cm³/mol. The van der Waals surface area contributed by atoms with Crippen molar-refractivity contribution in [3.05, 3.63) is 89.5 Å². The van der Waals surface area contributed by atoms with Crippen molar-refractivity contribution in [2.45, 2.75) is 64.5 Å². The zero-order valence-electron chi connectivity index (χ0n) is 22.6. The fraction of sp³-hybridized carbons (Fsp3) is 0.323. The molecule has 1 aromatic heterocycles. The molecule has 6 heteroatoms. The fourth-order valence-corrected chi connectivity index (χ4v) is 5.02. The van der Waals surface area contributed by atoms with Crippen LogP contribution in [0.5, 0.6) is 0 Å². The van der Waals surface area contributed by atoms with Crippen molar-refractivity contribution in [3.63, 3.8) is 0 Å². The highest BCUT2D eigenvalue weighted by Gasteiger charge is 2.20. The van der Waals surface area contributed by atoms with Crippen LogP contribution in [0.15, 0.2) is 78.0 Å². The summed E-state index contributed by atoms with van der Waals surface area (Å²) in [5.41, 5.74) is 6.49. The number of rotatable bonds is 8. The molecule has 0 spiro atoms. The highest BCUT2D eigenvalue weighted by atomic mass is 32.2. The Hall–Kier alpha value is -3.38. The normalized spacial score (nSPS) is 12.4. The van der Waals surface area contributed by atoms with Crippen LogP contribution in [0.1, 0.15) is 63.6 Å². The van der Waals surface area contributed by atoms with E-state index in [1.165, 1.54) is 17.3 Å². The number of aryl methyl sites for hydroxylation is 1. The Kier molecular flexibility index (Phi) is 8.18. The Morgan fingerprint density at radius 2 is 1.65 bits per heavy atom. The predicted octanol–water partition coefficient (Wildman–Crippen LogP) is 7.78. The number of aromatic nitrogens is 3. The van der Waals surface area contributed by atoms with Gasteiger partial charge >= 0.3 is 0 Å². The Labute approximate surface area is 224 Å². The Balaban J connectivity index is 1.62. The van der Waals surface area contributed by atoms with Crippen LogP contribution in [0.3, 0.4) is 0 Å². The molecule has 0 aliphatic rings. The Morgan fingerprint density at radius 3 is 2.32 bits per heavy atom. The molecule has 0 saturated carbocycles. The van der Waals surface area contributed by atoms with E-state index in [1.54, 1.807) is 0 Å². The molecule has 5 nitrogen and oxygen atoms in total. The maximum atomic E-state index is 13.0. The van der Waals surface area contributed by atoms with E-state index in [0.717, 1.165) is 40.3 Å². The number of amides is 1. The first-order valence-electron chi connectivity index (χ1n) is 12.8. The largest absolute Gasteiger partial charge is 0.325 e. The highest BCUT2D eigenvalue weighted by molar-refractivity contribution is 7.99. The summed E-state index contributed by atoms with van der Waals surface area (Å²) in [6.07, 6.45) is 1.01. The van der Waals surface area contributed by atoms with Gasteiger partial charge in [0.05, 0.1) is 11.4 Å². The van der Waals surface area contributed by atoms with E-state index in [9.17, 15) is 4.79 Å². The van der Waals surface area contributed by atoms with Crippen LogP contribution < -0.4 is 5.32 Å². The first-order chi connectivity index (χ1) is 17.7. The van der Waals surface area contributed by atoms with Gasteiger partial charge in [-0.3, -0.25) is 9.36 Å². The molecule has 1 atom stereocenters. The maximum Gasteiger partial charge on any atom is 0.234 e. The lowest BCUT2D eigenvalue weighted by Gasteiger charge is -2.19. The van der Waals surface area contributed by atoms with Crippen LogP contribution in [0.25, 0.3) is 17.1 Å². The topological polar surface area (TPSA) is 59.8 Å². The molecule has 1 heterocycles. The monoisotopic (exact) mass is 512 g/mol. The molecule has 1 N–H and O–H groups in total. The summed E-state index contributed by atoms with van der Waals surface area (Å²) in [5, 5.41) is 12.9. The number of carbonyl (C=O) groups is 1. The van der Waals surface area contributed by atoms with Crippen molar-refractivity contribution < 1.29 is 4.79 Å². The third kappa shape index (κ3) is 6.13. The van der Waals surface area contributed by atoms with Gasteiger partial charge in [-0.05, 0) is 53.5 Å². The van der Waals surface area contributed by atoms with Crippen molar-refractivity contribution in [2.24, 2.45) is 0 Å². The van der Waals surface area contributed by atoms with E-state index in [1.807, 2.05) is 30.3 Å². The minimum absolute atomic E-state index is 0.0591. The molecule has 0 aliphatic heterocycles. The number of benzene rings is 3. The van der Waals surface area contributed by atoms with Crippen LogP contribution in [-0.4, -0.2) is 26.4 Å². The zero-order valence-corrected chi connectivity index (χ0v) is 23.4. The number of nitrogens with one attached hydrogen (secondary N) is 1. The smallest absolute Gasteiger partial charge is 0.234 e. The molecular formula is C31H36N4OS. The molecule has 37 heavy (non-hydrogen) atoms. The molecule has 3 aromatic carbocycles. The van der Waals surface area contributed by atoms with Gasteiger partial charge in [-0.15, -0.1) is 10.2 Å². The van der Waals surface area contributed by atoms with Crippen LogP contribution in [0, 0.1) is 6.92 Å². The van der Waals surface area contributed by atoms with Crippen molar-refractivity contribution in [3.8, 4) is 17.1 Å². The number of para-hydroxylation sites is 2. The summed E-state index contributed by atoms with van der Waals surface area (Å²) in [7, 11) is 0. The third-order valence-corrected chi connectivity index (χ3v) is 7.64. The molecule has 192 valence electrons. The van der Waals surface area contributed by atoms with Gasteiger partial charge in [-0.2, -0.15) is 0 Å². The second-order valence-corrected chi connectivity index (χ2v) is 11.4.